The van der Waals surface area contributed by atoms with Gasteiger partial charge in [0, 0.05) is 11.8 Å². The van der Waals surface area contributed by atoms with E-state index in [0.717, 1.165) is 0 Å². The van der Waals surface area contributed by atoms with Gasteiger partial charge in [-0.15, -0.1) is 0 Å². The highest BCUT2D eigenvalue weighted by Crippen LogP contribution is 1.85. The van der Waals surface area contributed by atoms with Gasteiger partial charge < -0.3 is 10.1 Å². The third kappa shape index (κ3) is 1.52. The molecule has 10 heavy (non-hydrogen) atoms. The zero-order valence-corrected chi connectivity index (χ0v) is 5.86. The van der Waals surface area contributed by atoms with Crippen molar-refractivity contribution < 1.29 is 5.11 Å². The summed E-state index contributed by atoms with van der Waals surface area (Å²) in [6.45, 7) is -0.201. The lowest BCUT2D eigenvalue weighted by atomic mass is 10.4. The summed E-state index contributed by atoms with van der Waals surface area (Å²) in [5, 5.41) is 8.56. The van der Waals surface area contributed by atoms with Crippen LogP contribution in [-0.4, -0.2) is 15.1 Å². The van der Waals surface area contributed by atoms with E-state index in [2.05, 4.69) is 22.2 Å². The fourth-order valence-corrected chi connectivity index (χ4v) is 0.836. The predicted molar refractivity (Wildman–Crippen MR) is 38.2 cm³/mol. The Labute approximate surface area is 61.6 Å². The molecule has 1 aromatic heterocycles. The Balaban J connectivity index is 3.33. The quantitative estimate of drug-likeness (QED) is 0.501. The van der Waals surface area contributed by atoms with E-state index in [-0.39, 0.29) is 16.9 Å². The van der Waals surface area contributed by atoms with Gasteiger partial charge in [-0.3, -0.25) is 9.78 Å². The highest BCUT2D eigenvalue weighted by molar-refractivity contribution is 7.71. The molecule has 0 unspecified atom stereocenters. The van der Waals surface area contributed by atoms with Gasteiger partial charge in [0.2, 0.25) is 0 Å². The fourth-order valence-electron chi connectivity index (χ4n) is 0.605. The van der Waals surface area contributed by atoms with Crippen molar-refractivity contribution >= 4 is 12.2 Å². The molecule has 0 fully saturated rings. The first-order valence-electron chi connectivity index (χ1n) is 2.66. The minimum absolute atomic E-state index is 0.201. The third-order valence-electron chi connectivity index (χ3n) is 0.986. The molecule has 0 saturated carbocycles. The van der Waals surface area contributed by atoms with Crippen molar-refractivity contribution in [1.29, 1.82) is 0 Å². The smallest absolute Gasteiger partial charge is 0.251 e. The van der Waals surface area contributed by atoms with Crippen molar-refractivity contribution in [2.75, 3.05) is 0 Å². The largest absolute Gasteiger partial charge is 0.390 e. The Morgan fingerprint density at radius 1 is 1.60 bits per heavy atom. The molecule has 0 aliphatic carbocycles. The van der Waals surface area contributed by atoms with E-state index >= 15 is 0 Å². The second-order valence-corrected chi connectivity index (χ2v) is 2.18. The molecule has 0 aromatic carbocycles. The van der Waals surface area contributed by atoms with Gasteiger partial charge in [0.25, 0.3) is 5.56 Å². The normalized spacial score (nSPS) is 9.70. The summed E-state index contributed by atoms with van der Waals surface area (Å²) in [5.41, 5.74) is 0.126. The summed E-state index contributed by atoms with van der Waals surface area (Å²) in [6, 6.07) is 1.26. The summed E-state index contributed by atoms with van der Waals surface area (Å²) in [4.78, 5) is 15.6. The number of aromatic amines is 2. The Bertz CT molecular complexity index is 299. The molecule has 0 bridgehead atoms. The second-order valence-electron chi connectivity index (χ2n) is 1.77. The number of aliphatic hydroxyl groups excluding tert-OH is 1. The average Bonchev–Trinajstić information content (AvgIpc) is 1.85. The molecule has 1 rings (SSSR count). The molecule has 0 amide bonds. The van der Waals surface area contributed by atoms with Gasteiger partial charge in [0.05, 0.1) is 6.61 Å². The zero-order valence-electron chi connectivity index (χ0n) is 5.05. The lowest BCUT2D eigenvalue weighted by Crippen LogP contribution is -2.08. The van der Waals surface area contributed by atoms with E-state index in [9.17, 15) is 4.79 Å². The minimum atomic E-state index is -0.298. The molecule has 0 radical (unpaired) electrons. The Kier molecular flexibility index (Phi) is 1.98. The second kappa shape index (κ2) is 2.76. The number of hydrogen-bond donors (Lipinski definition) is 3. The number of hydrogen-bond acceptors (Lipinski definition) is 3. The molecule has 54 valence electrons. The number of aromatic nitrogens is 2. The molecule has 3 N–H and O–H groups in total. The SMILES string of the molecule is O=c1cc(CO)[nH]c(=S)[nH]1. The van der Waals surface area contributed by atoms with Crippen molar-refractivity contribution in [3.05, 3.63) is 26.9 Å². The van der Waals surface area contributed by atoms with Gasteiger partial charge in [0.15, 0.2) is 4.77 Å². The molecule has 0 aliphatic heterocycles. The monoisotopic (exact) mass is 158 g/mol. The molecule has 1 aromatic rings. The van der Waals surface area contributed by atoms with Crippen LogP contribution in [0.1, 0.15) is 5.69 Å². The van der Waals surface area contributed by atoms with Crippen LogP contribution in [0.3, 0.4) is 0 Å². The molecule has 0 spiro atoms. The van der Waals surface area contributed by atoms with E-state index in [1.165, 1.54) is 6.07 Å². The van der Waals surface area contributed by atoms with Crippen LogP contribution in [0.15, 0.2) is 10.9 Å². The number of rotatable bonds is 1. The molecular weight excluding hydrogens is 152 g/mol. The van der Waals surface area contributed by atoms with Gasteiger partial charge in [-0.05, 0) is 12.2 Å². The highest BCUT2D eigenvalue weighted by atomic mass is 32.1. The van der Waals surface area contributed by atoms with Gasteiger partial charge in [-0.2, -0.15) is 0 Å². The molecular formula is C5H6N2O2S. The first-order chi connectivity index (χ1) is 4.72. The summed E-state index contributed by atoms with van der Waals surface area (Å²) in [7, 11) is 0. The molecule has 4 nitrogen and oxygen atoms in total. The van der Waals surface area contributed by atoms with Crippen LogP contribution in [0, 0.1) is 4.77 Å². The van der Waals surface area contributed by atoms with Crippen LogP contribution < -0.4 is 5.56 Å². The summed E-state index contributed by atoms with van der Waals surface area (Å²) in [5.74, 6) is 0. The maximum atomic E-state index is 10.6. The highest BCUT2D eigenvalue weighted by Gasteiger charge is 1.89. The lowest BCUT2D eigenvalue weighted by Gasteiger charge is -1.92. The van der Waals surface area contributed by atoms with Gasteiger partial charge >= 0.3 is 0 Å². The zero-order chi connectivity index (χ0) is 7.56. The standard InChI is InChI=1S/C5H6N2O2S/c8-2-3-1-4(9)7-5(10)6-3/h1,8H,2H2,(H2,6,7,9,10). The first kappa shape index (κ1) is 7.17. The fraction of sp³-hybridized carbons (Fsp3) is 0.200. The average molecular weight is 158 g/mol. The van der Waals surface area contributed by atoms with Crippen molar-refractivity contribution in [3.63, 3.8) is 0 Å². The maximum absolute atomic E-state index is 10.6. The number of H-pyrrole nitrogens is 2. The van der Waals surface area contributed by atoms with Gasteiger partial charge in [0.1, 0.15) is 0 Å². The van der Waals surface area contributed by atoms with Crippen LogP contribution >= 0.6 is 12.2 Å². The Hall–Kier alpha value is -0.940. The van der Waals surface area contributed by atoms with Crippen LogP contribution in [0.2, 0.25) is 0 Å². The van der Waals surface area contributed by atoms with E-state index in [4.69, 9.17) is 5.11 Å². The van der Waals surface area contributed by atoms with Crippen LogP contribution in [-0.2, 0) is 6.61 Å². The summed E-state index contributed by atoms with van der Waals surface area (Å²) >= 11 is 4.63. The third-order valence-corrected chi connectivity index (χ3v) is 1.19. The predicted octanol–water partition coefficient (Wildman–Crippen LogP) is -0.0752. The topological polar surface area (TPSA) is 68.9 Å². The lowest BCUT2D eigenvalue weighted by molar-refractivity contribution is 0.276. The maximum Gasteiger partial charge on any atom is 0.251 e. The van der Waals surface area contributed by atoms with Crippen molar-refractivity contribution in [1.82, 2.24) is 9.97 Å². The summed E-state index contributed by atoms with van der Waals surface area (Å²) in [6.07, 6.45) is 0. The number of aliphatic hydroxyl groups is 1. The minimum Gasteiger partial charge on any atom is -0.390 e. The van der Waals surface area contributed by atoms with E-state index < -0.39 is 0 Å². The molecule has 1 heterocycles. The Morgan fingerprint density at radius 3 is 2.80 bits per heavy atom. The Morgan fingerprint density at radius 2 is 2.30 bits per heavy atom. The molecule has 0 aliphatic rings. The van der Waals surface area contributed by atoms with Gasteiger partial charge in [-0.25, -0.2) is 0 Å². The van der Waals surface area contributed by atoms with Crippen LogP contribution in [0.25, 0.3) is 0 Å². The van der Waals surface area contributed by atoms with E-state index in [1.807, 2.05) is 0 Å². The van der Waals surface area contributed by atoms with E-state index in [1.54, 1.807) is 0 Å². The van der Waals surface area contributed by atoms with Crippen LogP contribution in [0.5, 0.6) is 0 Å². The van der Waals surface area contributed by atoms with Gasteiger partial charge in [-0.1, -0.05) is 0 Å². The van der Waals surface area contributed by atoms with Crippen molar-refractivity contribution in [3.8, 4) is 0 Å². The first-order valence-corrected chi connectivity index (χ1v) is 3.06. The molecule has 0 saturated heterocycles. The molecule has 0 atom stereocenters. The molecule has 5 heteroatoms. The van der Waals surface area contributed by atoms with Crippen molar-refractivity contribution in [2.24, 2.45) is 0 Å². The van der Waals surface area contributed by atoms with E-state index in [0.29, 0.717) is 5.69 Å². The van der Waals surface area contributed by atoms with Crippen molar-refractivity contribution in [2.45, 2.75) is 6.61 Å². The number of nitrogens with one attached hydrogen (secondary N) is 2. The summed E-state index contributed by atoms with van der Waals surface area (Å²) < 4.78 is 0.233. The van der Waals surface area contributed by atoms with Crippen LogP contribution in [0.4, 0.5) is 0 Å².